The van der Waals surface area contributed by atoms with Crippen LogP contribution in [0.1, 0.15) is 18.5 Å². The van der Waals surface area contributed by atoms with Crippen molar-refractivity contribution in [3.8, 4) is 0 Å². The molecule has 3 aromatic carbocycles. The van der Waals surface area contributed by atoms with Crippen LogP contribution in [0.25, 0.3) is 22.0 Å². The number of hydrogen-bond donors (Lipinski definition) is 0. The number of rotatable bonds is 6. The molecule has 0 saturated heterocycles. The van der Waals surface area contributed by atoms with Crippen LogP contribution in [0, 0.1) is 0 Å². The van der Waals surface area contributed by atoms with Crippen LogP contribution in [0.4, 0.5) is 0 Å². The highest BCUT2D eigenvalue weighted by Crippen LogP contribution is 2.25. The predicted molar refractivity (Wildman–Crippen MR) is 127 cm³/mol. The molecule has 0 radical (unpaired) electrons. The monoisotopic (exact) mass is 443 g/mol. The third-order valence-corrected chi connectivity index (χ3v) is 6.50. The predicted octanol–water partition coefficient (Wildman–Crippen LogP) is 4.71. The molecule has 0 fully saturated rings. The van der Waals surface area contributed by atoms with Gasteiger partial charge in [-0.15, -0.1) is 0 Å². The summed E-state index contributed by atoms with van der Waals surface area (Å²) in [6.45, 7) is 2.45. The molecule has 5 aromatic rings. The van der Waals surface area contributed by atoms with Gasteiger partial charge in [-0.3, -0.25) is 13.9 Å². The van der Waals surface area contributed by atoms with E-state index in [4.69, 9.17) is 9.40 Å². The van der Waals surface area contributed by atoms with Crippen molar-refractivity contribution in [3.63, 3.8) is 0 Å². The van der Waals surface area contributed by atoms with Gasteiger partial charge in [-0.2, -0.15) is 0 Å². The van der Waals surface area contributed by atoms with E-state index in [1.165, 1.54) is 11.8 Å². The number of benzene rings is 3. The van der Waals surface area contributed by atoms with E-state index in [2.05, 4.69) is 0 Å². The molecule has 2 heterocycles. The maximum Gasteiger partial charge on any atom is 0.419 e. The molecule has 0 aliphatic heterocycles. The SMILES string of the molecule is C[C@@H](c1ccccc1)n1c(SCCn2c(=O)oc3ccccc32)nc2ccccc2c1=O. The van der Waals surface area contributed by atoms with Crippen LogP contribution in [0.3, 0.4) is 0 Å². The van der Waals surface area contributed by atoms with Crippen molar-refractivity contribution in [2.45, 2.75) is 24.7 Å². The highest BCUT2D eigenvalue weighted by atomic mass is 32.2. The molecular formula is C25H21N3O3S. The minimum atomic E-state index is -0.381. The number of oxazole rings is 1. The summed E-state index contributed by atoms with van der Waals surface area (Å²) in [6, 6.07) is 24.5. The van der Waals surface area contributed by atoms with E-state index in [1.807, 2.05) is 79.7 Å². The number of thioether (sulfide) groups is 1. The molecule has 0 N–H and O–H groups in total. The van der Waals surface area contributed by atoms with Crippen molar-refractivity contribution in [1.82, 2.24) is 14.1 Å². The van der Waals surface area contributed by atoms with E-state index in [9.17, 15) is 9.59 Å². The van der Waals surface area contributed by atoms with E-state index in [1.54, 1.807) is 15.2 Å². The summed E-state index contributed by atoms with van der Waals surface area (Å²) in [5.74, 6) is 0.184. The third kappa shape index (κ3) is 3.65. The highest BCUT2D eigenvalue weighted by molar-refractivity contribution is 7.99. The first-order valence-corrected chi connectivity index (χ1v) is 11.4. The minimum absolute atomic E-state index is 0.0691. The van der Waals surface area contributed by atoms with Gasteiger partial charge in [0.05, 0.1) is 22.5 Å². The van der Waals surface area contributed by atoms with Gasteiger partial charge in [0.15, 0.2) is 10.7 Å². The van der Waals surface area contributed by atoms with Gasteiger partial charge in [0, 0.05) is 12.3 Å². The zero-order valence-electron chi connectivity index (χ0n) is 17.5. The number of para-hydroxylation sites is 3. The summed E-state index contributed by atoms with van der Waals surface area (Å²) in [5.41, 5.74) is 2.97. The third-order valence-electron chi connectivity index (χ3n) is 5.56. The molecule has 6 nitrogen and oxygen atoms in total. The molecule has 5 rings (SSSR count). The Morgan fingerprint density at radius 3 is 2.50 bits per heavy atom. The second-order valence-electron chi connectivity index (χ2n) is 7.51. The largest absolute Gasteiger partial charge is 0.419 e. The Hall–Kier alpha value is -3.58. The molecule has 0 saturated carbocycles. The highest BCUT2D eigenvalue weighted by Gasteiger charge is 2.18. The van der Waals surface area contributed by atoms with E-state index < -0.39 is 0 Å². The van der Waals surface area contributed by atoms with E-state index in [-0.39, 0.29) is 17.4 Å². The van der Waals surface area contributed by atoms with Gasteiger partial charge in [0.1, 0.15) is 0 Å². The zero-order chi connectivity index (χ0) is 22.1. The van der Waals surface area contributed by atoms with Crippen LogP contribution in [-0.2, 0) is 6.54 Å². The summed E-state index contributed by atoms with van der Waals surface area (Å²) in [6.07, 6.45) is 0. The fourth-order valence-electron chi connectivity index (χ4n) is 3.90. The average molecular weight is 444 g/mol. The van der Waals surface area contributed by atoms with Crippen molar-refractivity contribution in [2.75, 3.05) is 5.75 Å². The van der Waals surface area contributed by atoms with E-state index in [0.717, 1.165) is 11.1 Å². The van der Waals surface area contributed by atoms with Gasteiger partial charge in [0.25, 0.3) is 5.56 Å². The molecule has 0 aliphatic rings. The molecule has 0 aliphatic carbocycles. The van der Waals surface area contributed by atoms with Crippen molar-refractivity contribution in [2.24, 2.45) is 0 Å². The van der Waals surface area contributed by atoms with Gasteiger partial charge >= 0.3 is 5.76 Å². The second-order valence-corrected chi connectivity index (χ2v) is 8.57. The lowest BCUT2D eigenvalue weighted by Gasteiger charge is -2.20. The minimum Gasteiger partial charge on any atom is -0.408 e. The summed E-state index contributed by atoms with van der Waals surface area (Å²) >= 11 is 1.47. The van der Waals surface area contributed by atoms with Crippen LogP contribution < -0.4 is 11.3 Å². The van der Waals surface area contributed by atoms with Gasteiger partial charge in [0.2, 0.25) is 0 Å². The van der Waals surface area contributed by atoms with Crippen LogP contribution in [0.15, 0.2) is 98.0 Å². The van der Waals surface area contributed by atoms with Crippen molar-refractivity contribution >= 4 is 33.8 Å². The van der Waals surface area contributed by atoms with Crippen molar-refractivity contribution in [3.05, 3.63) is 105 Å². The quantitative estimate of drug-likeness (QED) is 0.281. The molecule has 0 unspecified atom stereocenters. The Bertz CT molecular complexity index is 1520. The van der Waals surface area contributed by atoms with Crippen LogP contribution in [0.2, 0.25) is 0 Å². The Labute approximate surface area is 188 Å². The lowest BCUT2D eigenvalue weighted by Crippen LogP contribution is -2.27. The number of fused-ring (bicyclic) bond motifs is 2. The van der Waals surface area contributed by atoms with Crippen LogP contribution in [-0.4, -0.2) is 19.9 Å². The Morgan fingerprint density at radius 1 is 0.938 bits per heavy atom. The smallest absolute Gasteiger partial charge is 0.408 e. The molecule has 1 atom stereocenters. The number of nitrogens with zero attached hydrogens (tertiary/aromatic N) is 3. The van der Waals surface area contributed by atoms with E-state index in [0.29, 0.717) is 33.9 Å². The molecule has 0 amide bonds. The molecule has 7 heteroatoms. The van der Waals surface area contributed by atoms with Gasteiger partial charge in [-0.05, 0) is 36.8 Å². The van der Waals surface area contributed by atoms with Gasteiger partial charge < -0.3 is 4.42 Å². The van der Waals surface area contributed by atoms with E-state index >= 15 is 0 Å². The standard InChI is InChI=1S/C25H21N3O3S/c1-17(18-9-3-2-4-10-18)28-23(29)19-11-5-6-12-20(19)26-24(28)32-16-15-27-21-13-7-8-14-22(21)31-25(27)30/h2-14,17H,15-16H2,1H3/t17-/m0/s1. The number of aryl methyl sites for hydroxylation is 1. The first-order chi connectivity index (χ1) is 15.6. The number of aromatic nitrogens is 3. The van der Waals surface area contributed by atoms with Crippen LogP contribution in [0.5, 0.6) is 0 Å². The number of hydrogen-bond acceptors (Lipinski definition) is 5. The van der Waals surface area contributed by atoms with Crippen molar-refractivity contribution in [1.29, 1.82) is 0 Å². The fourth-order valence-corrected chi connectivity index (χ4v) is 4.90. The maximum absolute atomic E-state index is 13.4. The molecule has 32 heavy (non-hydrogen) atoms. The second kappa shape index (κ2) is 8.51. The lowest BCUT2D eigenvalue weighted by atomic mass is 10.1. The molecule has 160 valence electrons. The summed E-state index contributed by atoms with van der Waals surface area (Å²) in [4.78, 5) is 30.5. The van der Waals surface area contributed by atoms with Crippen LogP contribution >= 0.6 is 11.8 Å². The Balaban J connectivity index is 1.52. The average Bonchev–Trinajstić information content (AvgIpc) is 3.14. The zero-order valence-corrected chi connectivity index (χ0v) is 18.3. The fraction of sp³-hybridized carbons (Fsp3) is 0.160. The summed E-state index contributed by atoms with van der Waals surface area (Å²) in [7, 11) is 0. The van der Waals surface area contributed by atoms with Gasteiger partial charge in [-0.25, -0.2) is 9.78 Å². The first kappa shape index (κ1) is 20.3. The lowest BCUT2D eigenvalue weighted by molar-refractivity contribution is 0.513. The Kier molecular flexibility index (Phi) is 5.41. The Morgan fingerprint density at radius 2 is 1.66 bits per heavy atom. The van der Waals surface area contributed by atoms with Crippen molar-refractivity contribution < 1.29 is 4.42 Å². The summed E-state index contributed by atoms with van der Waals surface area (Å²) < 4.78 is 8.69. The van der Waals surface area contributed by atoms with Gasteiger partial charge in [-0.1, -0.05) is 66.4 Å². The normalized spacial score (nSPS) is 12.4. The molecule has 2 aromatic heterocycles. The summed E-state index contributed by atoms with van der Waals surface area (Å²) in [5, 5.41) is 1.22. The molecular weight excluding hydrogens is 422 g/mol. The molecule has 0 spiro atoms. The maximum atomic E-state index is 13.4. The molecule has 0 bridgehead atoms. The first-order valence-electron chi connectivity index (χ1n) is 10.4. The topological polar surface area (TPSA) is 70.0 Å².